The van der Waals surface area contributed by atoms with Gasteiger partial charge in [0.2, 0.25) is 5.91 Å². The first-order valence-corrected chi connectivity index (χ1v) is 6.16. The van der Waals surface area contributed by atoms with E-state index in [2.05, 4.69) is 10.5 Å². The molecule has 0 aliphatic carbocycles. The van der Waals surface area contributed by atoms with Crippen molar-refractivity contribution in [1.82, 2.24) is 5.32 Å². The molecule has 0 spiro atoms. The van der Waals surface area contributed by atoms with Crippen LogP contribution in [0.25, 0.3) is 0 Å². The topological polar surface area (TPSA) is 114 Å². The van der Waals surface area contributed by atoms with Crippen LogP contribution in [0.1, 0.15) is 25.0 Å². The van der Waals surface area contributed by atoms with Crippen LogP contribution in [0.4, 0.5) is 4.39 Å². The van der Waals surface area contributed by atoms with Crippen molar-refractivity contribution in [2.75, 3.05) is 0 Å². The summed E-state index contributed by atoms with van der Waals surface area (Å²) in [6.07, 6.45) is 0. The number of nitrogens with two attached hydrogens (primary N) is 2. The lowest BCUT2D eigenvalue weighted by Gasteiger charge is -2.19. The molecule has 1 atom stereocenters. The molecule has 110 valence electrons. The number of amidine groups is 1. The minimum atomic E-state index is -0.595. The lowest BCUT2D eigenvalue weighted by molar-refractivity contribution is -0.121. The molecule has 1 aromatic carbocycles. The standard InChI is InChI=1S/C13H19FN4O2/c1-7(2)11(13(16)19)17-6-8-4-3-5-9(10(8)14)12(15)18-20/h3-5,7,11,17,20H,6H2,1-2H3,(H2,15,18)(H2,16,19). The molecule has 20 heavy (non-hydrogen) atoms. The molecule has 1 aromatic rings. The Morgan fingerprint density at radius 1 is 1.45 bits per heavy atom. The lowest BCUT2D eigenvalue weighted by atomic mass is 10.0. The van der Waals surface area contributed by atoms with Gasteiger partial charge in [0.05, 0.1) is 11.6 Å². The molecule has 0 aliphatic heterocycles. The molecule has 6 N–H and O–H groups in total. The highest BCUT2D eigenvalue weighted by Crippen LogP contribution is 2.13. The average Bonchev–Trinajstić information content (AvgIpc) is 2.39. The van der Waals surface area contributed by atoms with E-state index in [1.807, 2.05) is 13.8 Å². The molecule has 6 nitrogen and oxygen atoms in total. The molecule has 0 fully saturated rings. The highest BCUT2D eigenvalue weighted by atomic mass is 19.1. The van der Waals surface area contributed by atoms with Gasteiger partial charge in [-0.25, -0.2) is 4.39 Å². The number of hydrogen-bond donors (Lipinski definition) is 4. The van der Waals surface area contributed by atoms with E-state index in [1.165, 1.54) is 6.07 Å². The highest BCUT2D eigenvalue weighted by molar-refractivity contribution is 5.97. The minimum Gasteiger partial charge on any atom is -0.409 e. The summed E-state index contributed by atoms with van der Waals surface area (Å²) in [6.45, 7) is 3.79. The number of oxime groups is 1. The van der Waals surface area contributed by atoms with Crippen molar-refractivity contribution in [2.24, 2.45) is 22.5 Å². The van der Waals surface area contributed by atoms with Crippen LogP contribution in [-0.2, 0) is 11.3 Å². The number of benzene rings is 1. The average molecular weight is 282 g/mol. The highest BCUT2D eigenvalue weighted by Gasteiger charge is 2.19. The molecule has 0 aromatic heterocycles. The first kappa shape index (κ1) is 15.9. The maximum atomic E-state index is 14.1. The van der Waals surface area contributed by atoms with Gasteiger partial charge in [-0.15, -0.1) is 0 Å². The van der Waals surface area contributed by atoms with Crippen molar-refractivity contribution in [2.45, 2.75) is 26.4 Å². The summed E-state index contributed by atoms with van der Waals surface area (Å²) >= 11 is 0. The van der Waals surface area contributed by atoms with Crippen LogP contribution in [0.3, 0.4) is 0 Å². The molecule has 7 heteroatoms. The summed E-state index contributed by atoms with van der Waals surface area (Å²) in [6, 6.07) is 3.99. The fraction of sp³-hybridized carbons (Fsp3) is 0.385. The van der Waals surface area contributed by atoms with Gasteiger partial charge in [-0.05, 0) is 12.0 Å². The fourth-order valence-corrected chi connectivity index (χ4v) is 1.85. The molecule has 0 aliphatic rings. The number of rotatable bonds is 6. The Kier molecular flexibility index (Phi) is 5.45. The van der Waals surface area contributed by atoms with Gasteiger partial charge in [0.25, 0.3) is 0 Å². The maximum Gasteiger partial charge on any atom is 0.234 e. The summed E-state index contributed by atoms with van der Waals surface area (Å²) in [7, 11) is 0. The van der Waals surface area contributed by atoms with E-state index in [0.29, 0.717) is 5.56 Å². The van der Waals surface area contributed by atoms with Crippen molar-refractivity contribution in [3.63, 3.8) is 0 Å². The molecule has 1 amide bonds. The van der Waals surface area contributed by atoms with Crippen molar-refractivity contribution >= 4 is 11.7 Å². The van der Waals surface area contributed by atoms with Crippen LogP contribution < -0.4 is 16.8 Å². The molecule has 0 radical (unpaired) electrons. The Labute approximate surface area is 116 Å². The first-order valence-electron chi connectivity index (χ1n) is 6.16. The number of carbonyl (C=O) groups excluding carboxylic acids is 1. The van der Waals surface area contributed by atoms with Crippen LogP contribution >= 0.6 is 0 Å². The Balaban J connectivity index is 2.91. The van der Waals surface area contributed by atoms with E-state index >= 15 is 0 Å². The van der Waals surface area contributed by atoms with Gasteiger partial charge in [-0.2, -0.15) is 0 Å². The van der Waals surface area contributed by atoms with E-state index in [-0.39, 0.29) is 23.9 Å². The quantitative estimate of drug-likeness (QED) is 0.263. The van der Waals surface area contributed by atoms with Gasteiger partial charge in [-0.3, -0.25) is 4.79 Å². The Hall–Kier alpha value is -2.15. The monoisotopic (exact) mass is 282 g/mol. The molecule has 1 rings (SSSR count). The van der Waals surface area contributed by atoms with E-state index in [1.54, 1.807) is 12.1 Å². The van der Waals surface area contributed by atoms with Gasteiger partial charge in [0.15, 0.2) is 5.84 Å². The predicted octanol–water partition coefficient (Wildman–Crippen LogP) is 0.520. The Bertz CT molecular complexity index is 517. The zero-order chi connectivity index (χ0) is 15.3. The molecular formula is C13H19FN4O2. The molecule has 0 saturated heterocycles. The molecule has 0 bridgehead atoms. The molecule has 1 unspecified atom stereocenters. The third-order valence-corrected chi connectivity index (χ3v) is 2.95. The number of nitrogens with one attached hydrogen (secondary N) is 1. The van der Waals surface area contributed by atoms with Crippen LogP contribution in [0, 0.1) is 11.7 Å². The zero-order valence-electron chi connectivity index (χ0n) is 11.4. The van der Waals surface area contributed by atoms with Gasteiger partial charge in [0.1, 0.15) is 5.82 Å². The molecule has 0 saturated carbocycles. The first-order chi connectivity index (χ1) is 9.38. The number of carbonyl (C=O) groups is 1. The smallest absolute Gasteiger partial charge is 0.234 e. The maximum absolute atomic E-state index is 14.1. The normalized spacial score (nSPS) is 13.5. The third kappa shape index (κ3) is 3.67. The molecule has 0 heterocycles. The number of primary amides is 1. The second kappa shape index (κ2) is 6.85. The van der Waals surface area contributed by atoms with E-state index in [9.17, 15) is 9.18 Å². The Morgan fingerprint density at radius 3 is 2.60 bits per heavy atom. The van der Waals surface area contributed by atoms with Crippen molar-refractivity contribution in [1.29, 1.82) is 0 Å². The van der Waals surface area contributed by atoms with Crippen molar-refractivity contribution in [3.8, 4) is 0 Å². The lowest BCUT2D eigenvalue weighted by Crippen LogP contribution is -2.44. The Morgan fingerprint density at radius 2 is 2.10 bits per heavy atom. The van der Waals surface area contributed by atoms with E-state index in [0.717, 1.165) is 0 Å². The number of nitrogens with zero attached hydrogens (tertiary/aromatic N) is 1. The predicted molar refractivity (Wildman–Crippen MR) is 73.6 cm³/mol. The minimum absolute atomic E-state index is 0.00646. The zero-order valence-corrected chi connectivity index (χ0v) is 11.4. The van der Waals surface area contributed by atoms with Crippen LogP contribution in [0.2, 0.25) is 0 Å². The number of halogens is 1. The summed E-state index contributed by atoms with van der Waals surface area (Å²) in [5.74, 6) is -1.40. The summed E-state index contributed by atoms with van der Waals surface area (Å²) in [5.41, 5.74) is 11.0. The van der Waals surface area contributed by atoms with Crippen LogP contribution in [0.15, 0.2) is 23.4 Å². The summed E-state index contributed by atoms with van der Waals surface area (Å²) in [5, 5.41) is 14.3. The van der Waals surface area contributed by atoms with Crippen molar-refractivity contribution < 1.29 is 14.4 Å². The van der Waals surface area contributed by atoms with Gasteiger partial charge < -0.3 is 22.0 Å². The van der Waals surface area contributed by atoms with Gasteiger partial charge in [0, 0.05) is 12.1 Å². The van der Waals surface area contributed by atoms with Gasteiger partial charge in [-0.1, -0.05) is 31.1 Å². The van der Waals surface area contributed by atoms with Gasteiger partial charge >= 0.3 is 0 Å². The fourth-order valence-electron chi connectivity index (χ4n) is 1.85. The van der Waals surface area contributed by atoms with E-state index < -0.39 is 17.8 Å². The number of hydrogen-bond acceptors (Lipinski definition) is 4. The second-order valence-electron chi connectivity index (χ2n) is 4.77. The SMILES string of the molecule is CC(C)C(NCc1cccc(/C(N)=N/O)c1F)C(N)=O. The van der Waals surface area contributed by atoms with Crippen LogP contribution in [0.5, 0.6) is 0 Å². The number of amides is 1. The molecular weight excluding hydrogens is 263 g/mol. The summed E-state index contributed by atoms with van der Waals surface area (Å²) in [4.78, 5) is 11.3. The summed E-state index contributed by atoms with van der Waals surface area (Å²) < 4.78 is 14.1. The van der Waals surface area contributed by atoms with Crippen molar-refractivity contribution in [3.05, 3.63) is 35.1 Å². The largest absolute Gasteiger partial charge is 0.409 e. The third-order valence-electron chi connectivity index (χ3n) is 2.95. The second-order valence-corrected chi connectivity index (χ2v) is 4.77. The van der Waals surface area contributed by atoms with Crippen LogP contribution in [-0.4, -0.2) is 23.0 Å². The van der Waals surface area contributed by atoms with E-state index in [4.69, 9.17) is 16.7 Å².